The molecular weight excluding hydrogens is 438 g/mol. The Morgan fingerprint density at radius 3 is 2.06 bits per heavy atom. The van der Waals surface area contributed by atoms with E-state index >= 15 is 0 Å². The molecule has 7 nitrogen and oxygen atoms in total. The largest absolute Gasteiger partial charge is 0.493 e. The van der Waals surface area contributed by atoms with Crippen molar-refractivity contribution in [2.24, 2.45) is 5.14 Å². The Kier molecular flexibility index (Phi) is 19.0. The summed E-state index contributed by atoms with van der Waals surface area (Å²) >= 11 is 1.29. The molecule has 0 fully saturated rings. The normalized spacial score (nSPS) is 11.1. The Bertz CT molecular complexity index is 612. The molecule has 0 heterocycles. The second-order valence-corrected chi connectivity index (χ2v) is 10.1. The lowest BCUT2D eigenvalue weighted by molar-refractivity contribution is -0.870. The number of carboxylic acids is 1. The van der Waals surface area contributed by atoms with E-state index in [1.807, 2.05) is 35.6 Å². The maximum Gasteiger partial charge on any atom is 0.303 e. The molecule has 0 amide bonds. The molecule has 0 aromatic heterocycles. The number of quaternary nitrogens is 1. The quantitative estimate of drug-likeness (QED) is 0.167. The van der Waals surface area contributed by atoms with Gasteiger partial charge < -0.3 is 19.1 Å². The highest BCUT2D eigenvalue weighted by Crippen LogP contribution is 2.20. The number of benzene rings is 1. The van der Waals surface area contributed by atoms with Crippen LogP contribution in [0.3, 0.4) is 0 Å². The first-order valence-corrected chi connectivity index (χ1v) is 13.0. The van der Waals surface area contributed by atoms with Gasteiger partial charge in [-0.3, -0.25) is 9.93 Å². The molecule has 0 saturated carbocycles. The summed E-state index contributed by atoms with van der Waals surface area (Å²) in [4.78, 5) is 10.1. The van der Waals surface area contributed by atoms with Gasteiger partial charge in [0.2, 0.25) is 0 Å². The van der Waals surface area contributed by atoms with E-state index in [0.717, 1.165) is 74.4 Å². The highest BCUT2D eigenvalue weighted by atomic mass is 32.2. The summed E-state index contributed by atoms with van der Waals surface area (Å²) in [7, 11) is 8.18. The predicted molar refractivity (Wildman–Crippen MR) is 140 cm³/mol. The molecule has 0 spiro atoms. The van der Waals surface area contributed by atoms with Gasteiger partial charge in [-0.1, -0.05) is 32.3 Å². The predicted octanol–water partition coefficient (Wildman–Crippen LogP) is 5.21. The zero-order valence-electron chi connectivity index (χ0n) is 21.6. The summed E-state index contributed by atoms with van der Waals surface area (Å²) in [5.41, 5.74) is 0. The third-order valence-corrected chi connectivity index (χ3v) is 5.40. The maximum absolute atomic E-state index is 10.1. The van der Waals surface area contributed by atoms with Crippen LogP contribution in [0, 0.1) is 0 Å². The van der Waals surface area contributed by atoms with Crippen molar-refractivity contribution < 1.29 is 23.9 Å². The third-order valence-electron chi connectivity index (χ3n) is 4.86. The van der Waals surface area contributed by atoms with E-state index in [0.29, 0.717) is 0 Å². The summed E-state index contributed by atoms with van der Waals surface area (Å²) in [5.74, 6) is 1.10. The van der Waals surface area contributed by atoms with Crippen molar-refractivity contribution in [1.29, 1.82) is 0 Å². The Hall–Kier alpha value is -1.48. The monoisotopic (exact) mass is 486 g/mol. The summed E-state index contributed by atoms with van der Waals surface area (Å²) in [6, 6.07) is 7.96. The van der Waals surface area contributed by atoms with Gasteiger partial charge in [0.1, 0.15) is 11.5 Å². The first kappa shape index (κ1) is 31.5. The Labute approximate surface area is 206 Å². The number of nitrogens with two attached hydrogens (primary N) is 1. The van der Waals surface area contributed by atoms with E-state index in [9.17, 15) is 4.79 Å². The van der Waals surface area contributed by atoms with Crippen LogP contribution in [-0.4, -0.2) is 74.4 Å². The lowest BCUT2D eigenvalue weighted by atomic mass is 10.2. The molecule has 33 heavy (non-hydrogen) atoms. The van der Waals surface area contributed by atoms with Gasteiger partial charge in [-0.25, -0.2) is 4.31 Å². The Morgan fingerprint density at radius 1 is 1.00 bits per heavy atom. The second kappa shape index (κ2) is 19.9. The molecule has 0 aliphatic rings. The number of hydrogen-bond donors (Lipinski definition) is 2. The molecule has 0 bridgehead atoms. The number of unbranched alkanes of at least 4 members (excludes halogenated alkanes) is 5. The minimum Gasteiger partial charge on any atom is -0.493 e. The first-order valence-electron chi connectivity index (χ1n) is 12.1. The van der Waals surface area contributed by atoms with Crippen LogP contribution < -0.4 is 14.6 Å². The van der Waals surface area contributed by atoms with Crippen LogP contribution in [-0.2, 0) is 4.79 Å². The van der Waals surface area contributed by atoms with Crippen LogP contribution in [0.15, 0.2) is 24.3 Å². The van der Waals surface area contributed by atoms with Gasteiger partial charge in [-0.2, -0.15) is 0 Å². The summed E-state index contributed by atoms with van der Waals surface area (Å²) in [6.45, 7) is 5.70. The van der Waals surface area contributed by atoms with Crippen molar-refractivity contribution in [2.45, 2.75) is 64.7 Å². The van der Waals surface area contributed by atoms with Gasteiger partial charge in [0.05, 0.1) is 47.3 Å². The minimum atomic E-state index is -0.701. The SMILES string of the molecule is CCCCCCOc1cccc(OCCCCCN(C)SN)c1.C[N+](C)(C)CCCC(=O)O. The second-order valence-electron chi connectivity index (χ2n) is 9.26. The van der Waals surface area contributed by atoms with E-state index in [1.54, 1.807) is 0 Å². The maximum atomic E-state index is 10.1. The van der Waals surface area contributed by atoms with Crippen molar-refractivity contribution in [3.8, 4) is 11.5 Å². The molecule has 3 N–H and O–H groups in total. The van der Waals surface area contributed by atoms with E-state index in [2.05, 4.69) is 28.1 Å². The van der Waals surface area contributed by atoms with Gasteiger partial charge in [-0.15, -0.1) is 0 Å². The van der Waals surface area contributed by atoms with E-state index < -0.39 is 5.97 Å². The highest BCUT2D eigenvalue weighted by Gasteiger charge is 2.07. The van der Waals surface area contributed by atoms with Gasteiger partial charge >= 0.3 is 5.97 Å². The standard InChI is InChI=1S/C18H32N2O2S.C7H15NO2/c1-3-4-5-8-14-21-17-11-10-12-18(16-17)22-15-9-6-7-13-20(2)23-19;1-8(2,3)6-4-5-7(9)10/h10-12,16H,3-9,13-15,19H2,1-2H3;4-6H2,1-3H3/p+1. The molecule has 0 aliphatic carbocycles. The molecule has 192 valence electrons. The molecule has 0 unspecified atom stereocenters. The molecule has 0 aliphatic heterocycles. The first-order chi connectivity index (χ1) is 15.7. The van der Waals surface area contributed by atoms with Gasteiger partial charge in [-0.05, 0) is 44.9 Å². The van der Waals surface area contributed by atoms with Crippen molar-refractivity contribution in [3.05, 3.63) is 24.3 Å². The van der Waals surface area contributed by atoms with E-state index in [-0.39, 0.29) is 6.42 Å². The number of ether oxygens (including phenoxy) is 2. The average Bonchev–Trinajstić information content (AvgIpc) is 2.75. The molecule has 1 aromatic rings. The van der Waals surface area contributed by atoms with Crippen molar-refractivity contribution in [2.75, 3.05) is 54.5 Å². The Morgan fingerprint density at radius 2 is 1.58 bits per heavy atom. The fraction of sp³-hybridized carbons (Fsp3) is 0.720. The third kappa shape index (κ3) is 22.1. The zero-order chi connectivity index (χ0) is 25.0. The van der Waals surface area contributed by atoms with Crippen LogP contribution >= 0.6 is 12.1 Å². The van der Waals surface area contributed by atoms with Gasteiger partial charge in [0, 0.05) is 31.2 Å². The van der Waals surface area contributed by atoms with E-state index in [1.165, 1.54) is 31.4 Å². The van der Waals surface area contributed by atoms with Crippen LogP contribution in [0.4, 0.5) is 0 Å². The number of rotatable bonds is 18. The molecule has 0 atom stereocenters. The summed E-state index contributed by atoms with van der Waals surface area (Å²) < 4.78 is 14.5. The lowest BCUT2D eigenvalue weighted by Gasteiger charge is -2.23. The number of carboxylic acid groups (broad SMARTS) is 1. The molecule has 1 aromatic carbocycles. The minimum absolute atomic E-state index is 0.287. The smallest absolute Gasteiger partial charge is 0.303 e. The topological polar surface area (TPSA) is 85.0 Å². The van der Waals surface area contributed by atoms with Crippen molar-refractivity contribution in [1.82, 2.24) is 4.31 Å². The molecule has 0 saturated heterocycles. The number of carbonyl (C=O) groups is 1. The fourth-order valence-electron chi connectivity index (χ4n) is 2.93. The fourth-order valence-corrected chi connectivity index (χ4v) is 3.17. The molecule has 0 radical (unpaired) electrons. The molecular formula is C25H48N3O4S+. The Balaban J connectivity index is 0.000000861. The number of hydrogen-bond acceptors (Lipinski definition) is 6. The highest BCUT2D eigenvalue weighted by molar-refractivity contribution is 7.94. The van der Waals surface area contributed by atoms with Crippen LogP contribution in [0.25, 0.3) is 0 Å². The zero-order valence-corrected chi connectivity index (χ0v) is 22.4. The number of nitrogens with zero attached hydrogens (tertiary/aromatic N) is 2. The molecule has 1 rings (SSSR count). The molecule has 8 heteroatoms. The van der Waals surface area contributed by atoms with Gasteiger partial charge in [0.15, 0.2) is 0 Å². The summed E-state index contributed by atoms with van der Waals surface area (Å²) in [6.07, 6.45) is 9.30. The average molecular weight is 487 g/mol. The van der Waals surface area contributed by atoms with Crippen molar-refractivity contribution in [3.63, 3.8) is 0 Å². The number of aliphatic carboxylic acids is 1. The van der Waals surface area contributed by atoms with Gasteiger partial charge in [0.25, 0.3) is 0 Å². The van der Waals surface area contributed by atoms with E-state index in [4.69, 9.17) is 19.7 Å². The van der Waals surface area contributed by atoms with Crippen LogP contribution in [0.5, 0.6) is 11.5 Å². The van der Waals surface area contributed by atoms with Crippen molar-refractivity contribution >= 4 is 18.1 Å². The summed E-state index contributed by atoms with van der Waals surface area (Å²) in [5, 5.41) is 13.8. The van der Waals surface area contributed by atoms with Crippen LogP contribution in [0.1, 0.15) is 64.7 Å². The van der Waals surface area contributed by atoms with Crippen LogP contribution in [0.2, 0.25) is 0 Å². The lowest BCUT2D eigenvalue weighted by Crippen LogP contribution is -2.35.